The fourth-order valence-corrected chi connectivity index (χ4v) is 5.67. The quantitative estimate of drug-likeness (QED) is 0.468. The van der Waals surface area contributed by atoms with E-state index in [1.165, 1.54) is 6.07 Å². The normalized spacial score (nSPS) is 19.9. The third-order valence-electron chi connectivity index (χ3n) is 7.46. The Hall–Kier alpha value is -4.15. The van der Waals surface area contributed by atoms with Crippen molar-refractivity contribution in [1.29, 1.82) is 0 Å². The van der Waals surface area contributed by atoms with Gasteiger partial charge in [0.1, 0.15) is 12.3 Å². The minimum absolute atomic E-state index is 0.0793. The Kier molecular flexibility index (Phi) is 6.68. The molecule has 5 rings (SSSR count). The number of nitrogens with two attached hydrogens (primary N) is 1. The highest BCUT2D eigenvalue weighted by Gasteiger charge is 2.36. The Morgan fingerprint density at radius 1 is 1.05 bits per heavy atom. The van der Waals surface area contributed by atoms with E-state index in [1.54, 1.807) is 21.9 Å². The largest absolute Gasteiger partial charge is 0.444 e. The number of nitro groups is 1. The number of carbonyl (C=O) groups is 3. The molecule has 0 unspecified atom stereocenters. The number of nitrogens with zero attached hydrogens (tertiary/aromatic N) is 4. The lowest BCUT2D eigenvalue weighted by molar-refractivity contribution is -0.384. The zero-order chi connectivity index (χ0) is 26.1. The third-order valence-corrected chi connectivity index (χ3v) is 7.46. The van der Waals surface area contributed by atoms with Gasteiger partial charge in [0, 0.05) is 55.3 Å². The number of amides is 3. The number of anilines is 2. The first-order chi connectivity index (χ1) is 17.8. The molecule has 2 fully saturated rings. The monoisotopic (exact) mass is 507 g/mol. The summed E-state index contributed by atoms with van der Waals surface area (Å²) >= 11 is 0. The van der Waals surface area contributed by atoms with Crippen molar-refractivity contribution in [1.82, 2.24) is 4.90 Å². The Morgan fingerprint density at radius 3 is 2.54 bits per heavy atom. The fraction of sp³-hybridized carbons (Fsp3) is 0.423. The summed E-state index contributed by atoms with van der Waals surface area (Å²) in [5.74, 6) is -0.810. The number of hydrogen-bond donors (Lipinski definition) is 1. The number of carbonyl (C=O) groups excluding carboxylic acids is 3. The smallest absolute Gasteiger partial charge is 0.414 e. The summed E-state index contributed by atoms with van der Waals surface area (Å²) in [5.41, 5.74) is 7.65. The number of cyclic esters (lactones) is 1. The van der Waals surface area contributed by atoms with Crippen LogP contribution < -0.4 is 15.5 Å². The Bertz CT molecular complexity index is 1240. The van der Waals surface area contributed by atoms with Crippen molar-refractivity contribution in [2.75, 3.05) is 29.4 Å². The van der Waals surface area contributed by atoms with Crippen molar-refractivity contribution >= 4 is 35.0 Å². The number of para-hydroxylation sites is 1. The van der Waals surface area contributed by atoms with E-state index in [-0.39, 0.29) is 48.4 Å². The number of ether oxygens (including phenoxy) is 1. The van der Waals surface area contributed by atoms with Gasteiger partial charge in [0.25, 0.3) is 11.6 Å². The van der Waals surface area contributed by atoms with E-state index in [9.17, 15) is 24.5 Å². The van der Waals surface area contributed by atoms with Gasteiger partial charge in [0.05, 0.1) is 10.6 Å². The number of benzene rings is 2. The predicted molar refractivity (Wildman–Crippen MR) is 135 cm³/mol. The van der Waals surface area contributed by atoms with E-state index >= 15 is 0 Å². The summed E-state index contributed by atoms with van der Waals surface area (Å²) in [4.78, 5) is 53.8. The summed E-state index contributed by atoms with van der Waals surface area (Å²) in [6.07, 6.45) is 2.37. The van der Waals surface area contributed by atoms with Gasteiger partial charge in [-0.15, -0.1) is 0 Å². The summed E-state index contributed by atoms with van der Waals surface area (Å²) in [6.45, 7) is 1.76. The molecule has 0 aromatic heterocycles. The van der Waals surface area contributed by atoms with Crippen LogP contribution in [0, 0.1) is 10.1 Å². The van der Waals surface area contributed by atoms with E-state index in [0.717, 1.165) is 17.7 Å². The number of rotatable bonds is 6. The number of primary amides is 1. The van der Waals surface area contributed by atoms with Crippen molar-refractivity contribution in [3.8, 4) is 0 Å². The molecule has 2 N–H and O–H groups in total. The highest BCUT2D eigenvalue weighted by molar-refractivity contribution is 5.96. The van der Waals surface area contributed by atoms with Gasteiger partial charge < -0.3 is 20.3 Å². The van der Waals surface area contributed by atoms with Crippen LogP contribution in [-0.2, 0) is 16.1 Å². The molecule has 194 valence electrons. The minimum Gasteiger partial charge on any atom is -0.444 e. The molecule has 0 bridgehead atoms. The second kappa shape index (κ2) is 10.1. The second-order valence-corrected chi connectivity index (χ2v) is 9.70. The average Bonchev–Trinajstić information content (AvgIpc) is 3.35. The maximum absolute atomic E-state index is 13.1. The first kappa shape index (κ1) is 24.5. The van der Waals surface area contributed by atoms with Crippen molar-refractivity contribution in [2.45, 2.75) is 50.8 Å². The molecule has 0 spiro atoms. The van der Waals surface area contributed by atoms with Gasteiger partial charge in [-0.05, 0) is 43.9 Å². The first-order valence-electron chi connectivity index (χ1n) is 12.5. The summed E-state index contributed by atoms with van der Waals surface area (Å²) in [7, 11) is 0. The lowest BCUT2D eigenvalue weighted by Crippen LogP contribution is -2.49. The molecule has 0 aliphatic carbocycles. The van der Waals surface area contributed by atoms with Crippen LogP contribution in [0.25, 0.3) is 0 Å². The van der Waals surface area contributed by atoms with Gasteiger partial charge in [0.2, 0.25) is 5.91 Å². The van der Waals surface area contributed by atoms with Crippen molar-refractivity contribution in [2.24, 2.45) is 5.73 Å². The van der Waals surface area contributed by atoms with E-state index in [2.05, 4.69) is 0 Å². The predicted octanol–water partition coefficient (Wildman–Crippen LogP) is 3.20. The number of likely N-dealkylation sites (tertiary alicyclic amines) is 1. The molecule has 11 nitrogen and oxygen atoms in total. The minimum atomic E-state index is -0.476. The SMILES string of the molecule is NC(=O)C[C@@H]1CCCN1C(=O)c1ccc(N2CCC(N3C(=O)OCc4ccccc43)CC2)c([N+](=O)[O-])c1. The molecule has 3 aliphatic heterocycles. The summed E-state index contributed by atoms with van der Waals surface area (Å²) in [6, 6.07) is 11.8. The average molecular weight is 508 g/mol. The molecule has 1 atom stereocenters. The summed E-state index contributed by atoms with van der Waals surface area (Å²) in [5, 5.41) is 12.0. The second-order valence-electron chi connectivity index (χ2n) is 9.70. The van der Waals surface area contributed by atoms with Crippen LogP contribution in [0.15, 0.2) is 42.5 Å². The zero-order valence-electron chi connectivity index (χ0n) is 20.4. The van der Waals surface area contributed by atoms with Crippen molar-refractivity contribution in [3.63, 3.8) is 0 Å². The molecule has 3 amide bonds. The van der Waals surface area contributed by atoms with E-state index in [1.807, 2.05) is 29.2 Å². The van der Waals surface area contributed by atoms with Gasteiger partial charge in [0.15, 0.2) is 0 Å². The van der Waals surface area contributed by atoms with Gasteiger partial charge in [-0.2, -0.15) is 0 Å². The number of hydrogen-bond acceptors (Lipinski definition) is 7. The lowest BCUT2D eigenvalue weighted by Gasteiger charge is -2.40. The van der Waals surface area contributed by atoms with Gasteiger partial charge in [-0.25, -0.2) is 4.79 Å². The molecule has 11 heteroatoms. The fourth-order valence-electron chi connectivity index (χ4n) is 5.67. The van der Waals surface area contributed by atoms with E-state index in [0.29, 0.717) is 44.6 Å². The topological polar surface area (TPSA) is 139 Å². The van der Waals surface area contributed by atoms with Crippen LogP contribution in [0.3, 0.4) is 0 Å². The Balaban J connectivity index is 1.32. The first-order valence-corrected chi connectivity index (χ1v) is 12.5. The van der Waals surface area contributed by atoms with Crippen LogP contribution in [0.1, 0.15) is 48.0 Å². The van der Waals surface area contributed by atoms with Gasteiger partial charge >= 0.3 is 6.09 Å². The van der Waals surface area contributed by atoms with E-state index < -0.39 is 10.8 Å². The summed E-state index contributed by atoms with van der Waals surface area (Å²) < 4.78 is 5.36. The number of piperidine rings is 1. The molecule has 37 heavy (non-hydrogen) atoms. The van der Waals surface area contributed by atoms with Crippen LogP contribution in [-0.4, -0.2) is 59.4 Å². The molecular formula is C26H29N5O6. The molecular weight excluding hydrogens is 478 g/mol. The standard InChI is InChI=1S/C26H29N5O6/c27-24(32)15-20-5-3-11-29(20)25(33)17-7-8-22(23(14-17)31(35)36)28-12-9-19(10-13-28)30-21-6-2-1-4-18(21)16-37-26(30)34/h1-2,4,6-8,14,19-20H,3,5,9-13,15-16H2,(H2,27,32)/t20-/m0/s1. The molecule has 2 aromatic carbocycles. The highest BCUT2D eigenvalue weighted by Crippen LogP contribution is 2.36. The Morgan fingerprint density at radius 2 is 1.81 bits per heavy atom. The molecule has 0 radical (unpaired) electrons. The third kappa shape index (κ3) is 4.81. The van der Waals surface area contributed by atoms with Gasteiger partial charge in [-0.3, -0.25) is 24.6 Å². The maximum Gasteiger partial charge on any atom is 0.414 e. The van der Waals surface area contributed by atoms with E-state index in [4.69, 9.17) is 10.5 Å². The van der Waals surface area contributed by atoms with Crippen molar-refractivity contribution < 1.29 is 24.0 Å². The molecule has 3 heterocycles. The van der Waals surface area contributed by atoms with Crippen LogP contribution in [0.5, 0.6) is 0 Å². The highest BCUT2D eigenvalue weighted by atomic mass is 16.6. The Labute approximate surface area is 213 Å². The van der Waals surface area contributed by atoms with Crippen LogP contribution >= 0.6 is 0 Å². The zero-order valence-corrected chi connectivity index (χ0v) is 20.4. The molecule has 3 aliphatic rings. The van der Waals surface area contributed by atoms with Crippen molar-refractivity contribution in [3.05, 3.63) is 63.7 Å². The maximum atomic E-state index is 13.1. The van der Waals surface area contributed by atoms with Crippen LogP contribution in [0.2, 0.25) is 0 Å². The molecule has 2 aromatic rings. The number of nitro benzene ring substituents is 1. The van der Waals surface area contributed by atoms with Gasteiger partial charge in [-0.1, -0.05) is 18.2 Å². The van der Waals surface area contributed by atoms with Crippen LogP contribution in [0.4, 0.5) is 21.9 Å². The number of fused-ring (bicyclic) bond motifs is 1. The molecule has 2 saturated heterocycles. The lowest BCUT2D eigenvalue weighted by atomic mass is 9.99. The molecule has 0 saturated carbocycles.